The summed E-state index contributed by atoms with van der Waals surface area (Å²) in [7, 11) is 0. The van der Waals surface area contributed by atoms with Crippen molar-refractivity contribution in [3.8, 4) is 11.1 Å². The predicted octanol–water partition coefficient (Wildman–Crippen LogP) is 3.41. The van der Waals surface area contributed by atoms with Gasteiger partial charge in [0, 0.05) is 12.4 Å². The summed E-state index contributed by atoms with van der Waals surface area (Å²) >= 11 is 5.83. The van der Waals surface area contributed by atoms with Gasteiger partial charge in [-0.05, 0) is 41.8 Å². The van der Waals surface area contributed by atoms with Crippen LogP contribution in [-0.4, -0.2) is 16.1 Å². The summed E-state index contributed by atoms with van der Waals surface area (Å²) in [6, 6.07) is 6.83. The maximum atomic E-state index is 11.0. The number of aryl methyl sites for hydroxylation is 1. The van der Waals surface area contributed by atoms with E-state index >= 15 is 0 Å². The van der Waals surface area contributed by atoms with Crippen LogP contribution in [0, 0.1) is 6.92 Å². The third kappa shape index (κ3) is 2.29. The minimum absolute atomic E-state index is 0.111. The molecular formula is C13H10ClNO2. The maximum absolute atomic E-state index is 11.0. The molecule has 0 amide bonds. The van der Waals surface area contributed by atoms with Crippen LogP contribution in [0.25, 0.3) is 11.1 Å². The van der Waals surface area contributed by atoms with Gasteiger partial charge in [-0.15, -0.1) is 0 Å². The fraction of sp³-hybridized carbons (Fsp3) is 0.0769. The van der Waals surface area contributed by atoms with Gasteiger partial charge in [0.1, 0.15) is 0 Å². The molecule has 0 aliphatic carbocycles. The lowest BCUT2D eigenvalue weighted by Crippen LogP contribution is -1.98. The molecule has 0 fully saturated rings. The molecule has 0 saturated heterocycles. The molecule has 17 heavy (non-hydrogen) atoms. The number of nitrogens with zero attached hydrogens (tertiary/aromatic N) is 1. The minimum atomic E-state index is -1.02. The molecule has 0 saturated carbocycles. The summed E-state index contributed by atoms with van der Waals surface area (Å²) in [5.41, 5.74) is 2.89. The van der Waals surface area contributed by atoms with Gasteiger partial charge < -0.3 is 5.11 Å². The largest absolute Gasteiger partial charge is 0.478 e. The topological polar surface area (TPSA) is 50.2 Å². The van der Waals surface area contributed by atoms with Crippen molar-refractivity contribution in [2.75, 3.05) is 0 Å². The molecule has 1 heterocycles. The van der Waals surface area contributed by atoms with Crippen molar-refractivity contribution in [3.05, 3.63) is 52.8 Å². The zero-order chi connectivity index (χ0) is 12.4. The Labute approximate surface area is 104 Å². The molecular weight excluding hydrogens is 238 g/mol. The quantitative estimate of drug-likeness (QED) is 0.885. The van der Waals surface area contributed by atoms with Crippen molar-refractivity contribution in [1.82, 2.24) is 4.98 Å². The Morgan fingerprint density at radius 2 is 2.12 bits per heavy atom. The smallest absolute Gasteiger partial charge is 0.337 e. The molecule has 0 atom stereocenters. The number of hydrogen-bond donors (Lipinski definition) is 1. The van der Waals surface area contributed by atoms with E-state index in [1.807, 2.05) is 13.0 Å². The van der Waals surface area contributed by atoms with Crippen molar-refractivity contribution < 1.29 is 9.90 Å². The number of carboxylic acid groups (broad SMARTS) is 1. The Morgan fingerprint density at radius 1 is 1.35 bits per heavy atom. The zero-order valence-corrected chi connectivity index (χ0v) is 9.90. The molecule has 0 bridgehead atoms. The molecule has 1 N–H and O–H groups in total. The zero-order valence-electron chi connectivity index (χ0n) is 9.14. The first kappa shape index (κ1) is 11.6. The van der Waals surface area contributed by atoms with Gasteiger partial charge in [-0.2, -0.15) is 0 Å². The third-order valence-electron chi connectivity index (χ3n) is 2.53. The van der Waals surface area contributed by atoms with Gasteiger partial charge in [-0.1, -0.05) is 17.7 Å². The SMILES string of the molecule is Cc1cnccc1-c1ccc(Cl)c(C(=O)O)c1. The fourth-order valence-electron chi connectivity index (χ4n) is 1.65. The minimum Gasteiger partial charge on any atom is -0.478 e. The highest BCUT2D eigenvalue weighted by Crippen LogP contribution is 2.26. The van der Waals surface area contributed by atoms with Crippen LogP contribution in [0.15, 0.2) is 36.7 Å². The molecule has 86 valence electrons. The monoisotopic (exact) mass is 247 g/mol. The van der Waals surface area contributed by atoms with Crippen LogP contribution in [0.4, 0.5) is 0 Å². The molecule has 0 spiro atoms. The lowest BCUT2D eigenvalue weighted by molar-refractivity contribution is 0.0697. The molecule has 0 aliphatic heterocycles. The second-order valence-corrected chi connectivity index (χ2v) is 4.10. The van der Waals surface area contributed by atoms with Crippen LogP contribution >= 0.6 is 11.6 Å². The normalized spacial score (nSPS) is 10.2. The highest BCUT2D eigenvalue weighted by molar-refractivity contribution is 6.33. The van der Waals surface area contributed by atoms with Crippen LogP contribution in [0.2, 0.25) is 5.02 Å². The molecule has 0 radical (unpaired) electrons. The number of carboxylic acids is 1. The summed E-state index contributed by atoms with van der Waals surface area (Å²) < 4.78 is 0. The lowest BCUT2D eigenvalue weighted by atomic mass is 10.0. The summed E-state index contributed by atoms with van der Waals surface area (Å²) in [4.78, 5) is 15.0. The van der Waals surface area contributed by atoms with Crippen LogP contribution in [0.1, 0.15) is 15.9 Å². The van der Waals surface area contributed by atoms with Crippen LogP contribution in [-0.2, 0) is 0 Å². The van der Waals surface area contributed by atoms with Gasteiger partial charge in [0.15, 0.2) is 0 Å². The molecule has 2 aromatic rings. The molecule has 0 aliphatic rings. The van der Waals surface area contributed by atoms with Gasteiger partial charge in [0.05, 0.1) is 10.6 Å². The predicted molar refractivity (Wildman–Crippen MR) is 66.4 cm³/mol. The highest BCUT2D eigenvalue weighted by atomic mass is 35.5. The Kier molecular flexibility index (Phi) is 3.11. The van der Waals surface area contributed by atoms with Crippen LogP contribution < -0.4 is 0 Å². The number of halogens is 1. The van der Waals surface area contributed by atoms with Crippen LogP contribution in [0.3, 0.4) is 0 Å². The molecule has 4 heteroatoms. The molecule has 2 rings (SSSR count). The fourth-order valence-corrected chi connectivity index (χ4v) is 1.85. The number of hydrogen-bond acceptors (Lipinski definition) is 2. The number of rotatable bonds is 2. The summed E-state index contributed by atoms with van der Waals surface area (Å²) in [6.07, 6.45) is 3.42. The standard InChI is InChI=1S/C13H10ClNO2/c1-8-7-15-5-4-10(8)9-2-3-12(14)11(6-9)13(16)17/h2-7H,1H3,(H,16,17). The van der Waals surface area contributed by atoms with Gasteiger partial charge in [-0.25, -0.2) is 4.79 Å². The van der Waals surface area contributed by atoms with Crippen molar-refractivity contribution in [1.29, 1.82) is 0 Å². The lowest BCUT2D eigenvalue weighted by Gasteiger charge is -2.07. The summed E-state index contributed by atoms with van der Waals surface area (Å²) in [5.74, 6) is -1.02. The van der Waals surface area contributed by atoms with E-state index in [9.17, 15) is 4.79 Å². The van der Waals surface area contributed by atoms with Crippen molar-refractivity contribution in [2.24, 2.45) is 0 Å². The van der Waals surface area contributed by atoms with E-state index in [1.54, 1.807) is 30.6 Å². The van der Waals surface area contributed by atoms with Gasteiger partial charge in [0.2, 0.25) is 0 Å². The van der Waals surface area contributed by atoms with Crippen molar-refractivity contribution in [2.45, 2.75) is 6.92 Å². The summed E-state index contributed by atoms with van der Waals surface area (Å²) in [6.45, 7) is 1.93. The van der Waals surface area contributed by atoms with Gasteiger partial charge >= 0.3 is 5.97 Å². The second-order valence-electron chi connectivity index (χ2n) is 3.69. The van der Waals surface area contributed by atoms with Crippen molar-refractivity contribution >= 4 is 17.6 Å². The Balaban J connectivity index is 2.58. The number of aromatic carboxylic acids is 1. The van der Waals surface area contributed by atoms with E-state index in [4.69, 9.17) is 16.7 Å². The van der Waals surface area contributed by atoms with E-state index < -0.39 is 5.97 Å². The van der Waals surface area contributed by atoms with Crippen molar-refractivity contribution in [3.63, 3.8) is 0 Å². The number of carbonyl (C=O) groups is 1. The summed E-state index contributed by atoms with van der Waals surface area (Å²) in [5, 5.41) is 9.25. The first-order valence-corrected chi connectivity index (χ1v) is 5.41. The third-order valence-corrected chi connectivity index (χ3v) is 2.86. The number of aromatic nitrogens is 1. The first-order chi connectivity index (χ1) is 8.09. The van der Waals surface area contributed by atoms with E-state index in [0.717, 1.165) is 16.7 Å². The van der Waals surface area contributed by atoms with Gasteiger partial charge in [-0.3, -0.25) is 4.98 Å². The van der Waals surface area contributed by atoms with E-state index in [1.165, 1.54) is 0 Å². The highest BCUT2D eigenvalue weighted by Gasteiger charge is 2.11. The number of pyridine rings is 1. The number of benzene rings is 1. The maximum Gasteiger partial charge on any atom is 0.337 e. The van der Waals surface area contributed by atoms with Gasteiger partial charge in [0.25, 0.3) is 0 Å². The van der Waals surface area contributed by atoms with E-state index in [0.29, 0.717) is 0 Å². The Morgan fingerprint density at radius 3 is 2.76 bits per heavy atom. The molecule has 1 aromatic heterocycles. The Bertz CT molecular complexity index is 581. The average molecular weight is 248 g/mol. The first-order valence-electron chi connectivity index (χ1n) is 5.03. The van der Waals surface area contributed by atoms with E-state index in [-0.39, 0.29) is 10.6 Å². The Hall–Kier alpha value is -1.87. The molecule has 3 nitrogen and oxygen atoms in total. The van der Waals surface area contributed by atoms with Crippen LogP contribution in [0.5, 0.6) is 0 Å². The molecule has 0 unspecified atom stereocenters. The average Bonchev–Trinajstić information content (AvgIpc) is 2.30. The second kappa shape index (κ2) is 4.55. The van der Waals surface area contributed by atoms with E-state index in [2.05, 4.69) is 4.98 Å². The molecule has 1 aromatic carbocycles.